The lowest BCUT2D eigenvalue weighted by atomic mass is 10.1. The Hall–Kier alpha value is -2.45. The molecular weight excluding hydrogens is 447 g/mol. The molecule has 8 heteroatoms. The molecule has 0 bridgehead atoms. The summed E-state index contributed by atoms with van der Waals surface area (Å²) in [7, 11) is 1.54. The van der Waals surface area contributed by atoms with Gasteiger partial charge in [0, 0.05) is 6.54 Å². The van der Waals surface area contributed by atoms with E-state index in [-0.39, 0.29) is 18.3 Å². The molecule has 2 aromatic rings. The van der Waals surface area contributed by atoms with E-state index in [1.54, 1.807) is 24.3 Å². The van der Waals surface area contributed by atoms with Crippen molar-refractivity contribution in [2.75, 3.05) is 13.7 Å². The number of thiocarbonyl (C=S) groups is 1. The molecule has 3 rings (SSSR count). The molecule has 1 aliphatic heterocycles. The van der Waals surface area contributed by atoms with Crippen LogP contribution >= 0.6 is 28.1 Å². The molecule has 1 aliphatic rings. The molecule has 0 aliphatic carbocycles. The highest BCUT2D eigenvalue weighted by Gasteiger charge is 2.29. The lowest BCUT2D eigenvalue weighted by Crippen LogP contribution is -2.30. The fraction of sp³-hybridized carbons (Fsp3) is 0.200. The van der Waals surface area contributed by atoms with E-state index in [4.69, 9.17) is 21.7 Å². The molecule has 1 amide bonds. The molecular formula is C20H18BrFN2O3S. The largest absolute Gasteiger partial charge is 0.493 e. The number of rotatable bonds is 6. The van der Waals surface area contributed by atoms with E-state index in [0.29, 0.717) is 33.3 Å². The number of nitrogens with zero attached hydrogens (tertiary/aromatic N) is 1. The van der Waals surface area contributed by atoms with Crippen molar-refractivity contribution in [2.45, 2.75) is 13.5 Å². The standard InChI is InChI=1S/C20H18BrFN2O3S/c1-3-24-19(25)16(23-20(24)28)9-13-8-15(21)18(17(10-13)26-2)27-11-12-4-6-14(22)7-5-12/h4-10H,3,11H2,1-2H3,(H,23,28). The monoisotopic (exact) mass is 464 g/mol. The second-order valence-electron chi connectivity index (χ2n) is 5.99. The molecule has 1 saturated heterocycles. The Morgan fingerprint density at radius 2 is 2.00 bits per heavy atom. The minimum absolute atomic E-state index is 0.167. The molecule has 0 aromatic heterocycles. The predicted octanol–water partition coefficient (Wildman–Crippen LogP) is 4.25. The van der Waals surface area contributed by atoms with E-state index >= 15 is 0 Å². The molecule has 1 fully saturated rings. The molecule has 0 radical (unpaired) electrons. The van der Waals surface area contributed by atoms with Gasteiger partial charge in [-0.1, -0.05) is 12.1 Å². The number of amides is 1. The van der Waals surface area contributed by atoms with E-state index in [9.17, 15) is 9.18 Å². The maximum atomic E-state index is 13.0. The maximum absolute atomic E-state index is 13.0. The second kappa shape index (κ2) is 8.70. The molecule has 1 heterocycles. The molecule has 28 heavy (non-hydrogen) atoms. The minimum Gasteiger partial charge on any atom is -0.493 e. The number of carbonyl (C=O) groups excluding carboxylic acids is 1. The van der Waals surface area contributed by atoms with Crippen molar-refractivity contribution in [3.8, 4) is 11.5 Å². The zero-order valence-corrected chi connectivity index (χ0v) is 17.7. The van der Waals surface area contributed by atoms with Crippen LogP contribution in [0.5, 0.6) is 11.5 Å². The van der Waals surface area contributed by atoms with Crippen molar-refractivity contribution in [1.29, 1.82) is 0 Å². The second-order valence-corrected chi connectivity index (χ2v) is 7.23. The first-order valence-electron chi connectivity index (χ1n) is 8.52. The zero-order valence-electron chi connectivity index (χ0n) is 15.3. The first-order chi connectivity index (χ1) is 13.4. The average molecular weight is 465 g/mol. The third-order valence-corrected chi connectivity index (χ3v) is 5.05. The van der Waals surface area contributed by atoms with Crippen LogP contribution < -0.4 is 14.8 Å². The predicted molar refractivity (Wildman–Crippen MR) is 113 cm³/mol. The summed E-state index contributed by atoms with van der Waals surface area (Å²) in [6, 6.07) is 9.68. The summed E-state index contributed by atoms with van der Waals surface area (Å²) in [5, 5.41) is 3.32. The fourth-order valence-corrected chi connectivity index (χ4v) is 3.62. The van der Waals surface area contributed by atoms with Crippen LogP contribution in [0, 0.1) is 5.82 Å². The molecule has 0 spiro atoms. The Balaban J connectivity index is 1.83. The van der Waals surface area contributed by atoms with Crippen molar-refractivity contribution in [3.63, 3.8) is 0 Å². The molecule has 2 aromatic carbocycles. The summed E-state index contributed by atoms with van der Waals surface area (Å²) in [6.45, 7) is 2.63. The molecule has 1 N–H and O–H groups in total. The van der Waals surface area contributed by atoms with Crippen molar-refractivity contribution in [2.24, 2.45) is 0 Å². The van der Waals surface area contributed by atoms with E-state index in [1.165, 1.54) is 24.1 Å². The van der Waals surface area contributed by atoms with Gasteiger partial charge < -0.3 is 14.8 Å². The Bertz CT molecular complexity index is 947. The number of benzene rings is 2. The van der Waals surface area contributed by atoms with Crippen LogP contribution in [0.1, 0.15) is 18.1 Å². The van der Waals surface area contributed by atoms with Gasteiger partial charge in [0.2, 0.25) is 0 Å². The number of carbonyl (C=O) groups is 1. The molecule has 0 atom stereocenters. The van der Waals surface area contributed by atoms with Gasteiger partial charge in [0.15, 0.2) is 16.6 Å². The minimum atomic E-state index is -0.295. The van der Waals surface area contributed by atoms with Gasteiger partial charge >= 0.3 is 0 Å². The van der Waals surface area contributed by atoms with Gasteiger partial charge in [-0.2, -0.15) is 0 Å². The van der Waals surface area contributed by atoms with Crippen LogP contribution in [-0.2, 0) is 11.4 Å². The lowest BCUT2D eigenvalue weighted by Gasteiger charge is -2.14. The maximum Gasteiger partial charge on any atom is 0.276 e. The number of hydrogen-bond donors (Lipinski definition) is 1. The summed E-state index contributed by atoms with van der Waals surface area (Å²) in [4.78, 5) is 13.8. The van der Waals surface area contributed by atoms with Gasteiger partial charge in [0.1, 0.15) is 18.1 Å². The van der Waals surface area contributed by atoms with E-state index in [2.05, 4.69) is 21.2 Å². The molecule has 146 valence electrons. The molecule has 5 nitrogen and oxygen atoms in total. The van der Waals surface area contributed by atoms with E-state index in [0.717, 1.165) is 11.1 Å². The van der Waals surface area contributed by atoms with Gasteiger partial charge in [-0.05, 0) is 76.5 Å². The van der Waals surface area contributed by atoms with Crippen molar-refractivity contribution < 1.29 is 18.7 Å². The van der Waals surface area contributed by atoms with Gasteiger partial charge in [0.05, 0.1) is 11.6 Å². The highest BCUT2D eigenvalue weighted by Crippen LogP contribution is 2.38. The number of nitrogens with one attached hydrogen (secondary N) is 1. The van der Waals surface area contributed by atoms with Crippen molar-refractivity contribution >= 4 is 45.2 Å². The van der Waals surface area contributed by atoms with Gasteiger partial charge in [-0.15, -0.1) is 0 Å². The first-order valence-corrected chi connectivity index (χ1v) is 9.72. The quantitative estimate of drug-likeness (QED) is 0.511. The summed E-state index contributed by atoms with van der Waals surface area (Å²) in [5.41, 5.74) is 1.98. The summed E-state index contributed by atoms with van der Waals surface area (Å²) < 4.78 is 25.0. The van der Waals surface area contributed by atoms with E-state index < -0.39 is 0 Å². The van der Waals surface area contributed by atoms with Crippen LogP contribution in [0.4, 0.5) is 4.39 Å². The summed E-state index contributed by atoms with van der Waals surface area (Å²) in [6.07, 6.45) is 1.71. The molecule has 0 unspecified atom stereocenters. The van der Waals surface area contributed by atoms with Gasteiger partial charge in [0.25, 0.3) is 5.91 Å². The van der Waals surface area contributed by atoms with Crippen LogP contribution in [0.15, 0.2) is 46.6 Å². The Morgan fingerprint density at radius 3 is 2.61 bits per heavy atom. The Morgan fingerprint density at radius 1 is 1.29 bits per heavy atom. The normalized spacial score (nSPS) is 15.1. The van der Waals surface area contributed by atoms with Crippen LogP contribution in [0.2, 0.25) is 0 Å². The number of likely N-dealkylation sites (N-methyl/N-ethyl adjacent to an activating group) is 1. The number of halogens is 2. The number of hydrogen-bond acceptors (Lipinski definition) is 4. The molecule has 0 saturated carbocycles. The third-order valence-electron chi connectivity index (χ3n) is 4.14. The Labute approximate surface area is 176 Å². The van der Waals surface area contributed by atoms with Crippen LogP contribution in [0.3, 0.4) is 0 Å². The van der Waals surface area contributed by atoms with Crippen molar-refractivity contribution in [1.82, 2.24) is 10.2 Å². The van der Waals surface area contributed by atoms with Gasteiger partial charge in [-0.25, -0.2) is 4.39 Å². The summed E-state index contributed by atoms with van der Waals surface area (Å²) >= 11 is 8.66. The highest BCUT2D eigenvalue weighted by molar-refractivity contribution is 9.10. The van der Waals surface area contributed by atoms with Crippen molar-refractivity contribution in [3.05, 3.63) is 63.5 Å². The topological polar surface area (TPSA) is 50.8 Å². The summed E-state index contributed by atoms with van der Waals surface area (Å²) in [5.74, 6) is 0.560. The van der Waals surface area contributed by atoms with Crippen LogP contribution in [-0.4, -0.2) is 29.6 Å². The smallest absolute Gasteiger partial charge is 0.276 e. The zero-order chi connectivity index (χ0) is 20.3. The lowest BCUT2D eigenvalue weighted by molar-refractivity contribution is -0.122. The Kier molecular flexibility index (Phi) is 6.31. The third kappa shape index (κ3) is 4.34. The fourth-order valence-electron chi connectivity index (χ4n) is 2.72. The van der Waals surface area contributed by atoms with E-state index in [1.807, 2.05) is 13.0 Å². The highest BCUT2D eigenvalue weighted by atomic mass is 79.9. The number of ether oxygens (including phenoxy) is 2. The SMILES string of the molecule is CCN1C(=O)C(=Cc2cc(Br)c(OCc3ccc(F)cc3)c(OC)c2)NC1=S. The van der Waals surface area contributed by atoms with Crippen LogP contribution in [0.25, 0.3) is 6.08 Å². The van der Waals surface area contributed by atoms with Gasteiger partial charge in [-0.3, -0.25) is 9.69 Å². The first kappa shape index (κ1) is 20.3. The number of methoxy groups -OCH3 is 1. The average Bonchev–Trinajstić information content (AvgIpc) is 2.94.